The quantitative estimate of drug-likeness (QED) is 0.120. The molecule has 0 aromatic heterocycles. The molecule has 8 rings (SSSR count). The lowest BCUT2D eigenvalue weighted by atomic mass is 9.67. The van der Waals surface area contributed by atoms with Crippen molar-refractivity contribution in [1.29, 1.82) is 0 Å². The molecule has 5 aromatic carbocycles. The second-order valence-corrected chi connectivity index (χ2v) is 15.2. The third-order valence-corrected chi connectivity index (χ3v) is 12.2. The van der Waals surface area contributed by atoms with Gasteiger partial charge in [-0.3, -0.25) is 0 Å². The summed E-state index contributed by atoms with van der Waals surface area (Å²) >= 11 is 0. The van der Waals surface area contributed by atoms with E-state index in [2.05, 4.69) is 153 Å². The first-order chi connectivity index (χ1) is 24.0. The molecule has 0 saturated heterocycles. The van der Waals surface area contributed by atoms with Gasteiger partial charge in [-0.2, -0.15) is 4.58 Å². The number of rotatable bonds is 8. The van der Waals surface area contributed by atoms with Gasteiger partial charge in [0.15, 0.2) is 5.71 Å². The van der Waals surface area contributed by atoms with Crippen LogP contribution in [-0.4, -0.2) is 23.9 Å². The minimum Gasteiger partial charge on any atom is -0.344 e. The molecule has 5 aromatic rings. The van der Waals surface area contributed by atoms with Crippen LogP contribution in [0, 0.1) is 6.92 Å². The van der Waals surface area contributed by atoms with Crippen molar-refractivity contribution in [2.45, 2.75) is 89.4 Å². The first-order valence-corrected chi connectivity index (χ1v) is 18.8. The number of nitrogens with zero attached hydrogens (tertiary/aromatic N) is 2. The molecule has 1 spiro atoms. The molecule has 0 amide bonds. The smallest absolute Gasteiger partial charge is 0.217 e. The fraction of sp³-hybridized carbons (Fsp3) is 0.340. The molecule has 248 valence electrons. The van der Waals surface area contributed by atoms with Gasteiger partial charge < -0.3 is 4.90 Å². The zero-order valence-corrected chi connectivity index (χ0v) is 29.9. The summed E-state index contributed by atoms with van der Waals surface area (Å²) in [7, 11) is 2.32. The average Bonchev–Trinajstić information content (AvgIpc) is 3.50. The fourth-order valence-corrected chi connectivity index (χ4v) is 9.79. The van der Waals surface area contributed by atoms with E-state index in [9.17, 15) is 0 Å². The molecule has 49 heavy (non-hydrogen) atoms. The molecule has 1 fully saturated rings. The molecule has 1 atom stereocenters. The van der Waals surface area contributed by atoms with Gasteiger partial charge in [0.25, 0.3) is 0 Å². The minimum absolute atomic E-state index is 0.0848. The van der Waals surface area contributed by atoms with Crippen LogP contribution in [0.4, 0.5) is 11.4 Å². The van der Waals surface area contributed by atoms with E-state index < -0.39 is 0 Å². The van der Waals surface area contributed by atoms with Crippen LogP contribution < -0.4 is 4.90 Å². The van der Waals surface area contributed by atoms with Crippen molar-refractivity contribution >= 4 is 38.6 Å². The summed E-state index contributed by atoms with van der Waals surface area (Å²) in [6.45, 7) is 8.14. The third kappa shape index (κ3) is 5.18. The third-order valence-electron chi connectivity index (χ3n) is 12.2. The van der Waals surface area contributed by atoms with E-state index >= 15 is 0 Å². The van der Waals surface area contributed by atoms with Gasteiger partial charge in [-0.05, 0) is 90.6 Å². The molecule has 1 unspecified atom stereocenters. The second kappa shape index (κ2) is 12.8. The van der Waals surface area contributed by atoms with Gasteiger partial charge >= 0.3 is 0 Å². The highest BCUT2D eigenvalue weighted by Crippen LogP contribution is 2.54. The van der Waals surface area contributed by atoms with Gasteiger partial charge in [-0.25, -0.2) is 0 Å². The Hall–Kier alpha value is -4.43. The molecule has 2 nitrogen and oxygen atoms in total. The highest BCUT2D eigenvalue weighted by atomic mass is 15.2. The monoisotopic (exact) mass is 643 g/mol. The predicted octanol–water partition coefficient (Wildman–Crippen LogP) is 11.9. The molecule has 0 radical (unpaired) electrons. The van der Waals surface area contributed by atoms with Crippen molar-refractivity contribution in [2.24, 2.45) is 0 Å². The molecule has 2 aliphatic heterocycles. The van der Waals surface area contributed by atoms with Gasteiger partial charge in [0, 0.05) is 35.0 Å². The number of allylic oxidation sites excluding steroid dienone is 4. The van der Waals surface area contributed by atoms with E-state index in [4.69, 9.17) is 0 Å². The molecule has 1 aliphatic carbocycles. The van der Waals surface area contributed by atoms with Crippen LogP contribution in [0.25, 0.3) is 21.5 Å². The van der Waals surface area contributed by atoms with E-state index in [1.54, 1.807) is 0 Å². The molecular formula is C47H51N2+. The molecular weight excluding hydrogens is 593 g/mol. The van der Waals surface area contributed by atoms with Crippen molar-refractivity contribution in [3.8, 4) is 0 Å². The number of hydrogen-bond acceptors (Lipinski definition) is 1. The van der Waals surface area contributed by atoms with E-state index in [0.29, 0.717) is 0 Å². The zero-order valence-electron chi connectivity index (χ0n) is 29.9. The number of anilines is 1. The summed E-state index contributed by atoms with van der Waals surface area (Å²) in [5, 5.41) is 5.42. The highest BCUT2D eigenvalue weighted by molar-refractivity contribution is 6.08. The number of hydrogen-bond donors (Lipinski definition) is 0. The Morgan fingerprint density at radius 1 is 0.776 bits per heavy atom. The normalized spacial score (nSPS) is 20.7. The zero-order chi connectivity index (χ0) is 33.6. The molecule has 0 N–H and O–H groups in total. The summed E-state index contributed by atoms with van der Waals surface area (Å²) in [5.74, 6) is 0. The Kier molecular flexibility index (Phi) is 8.30. The SMILES string of the molecule is CCCCCN1C(=CC=CC2=[N+](C)c3c(ccc4ccccc34)C23CCCCC3)C(C)(Cc2ccccc2C)c2c1ccc1ccccc21. The summed E-state index contributed by atoms with van der Waals surface area (Å²) in [4.78, 5) is 2.68. The maximum Gasteiger partial charge on any atom is 0.217 e. The van der Waals surface area contributed by atoms with Crippen LogP contribution in [0.2, 0.25) is 0 Å². The Balaban J connectivity index is 1.30. The van der Waals surface area contributed by atoms with Crippen molar-refractivity contribution < 1.29 is 4.58 Å². The van der Waals surface area contributed by atoms with Crippen LogP contribution in [0.15, 0.2) is 121 Å². The number of aryl methyl sites for hydroxylation is 1. The molecule has 0 bridgehead atoms. The van der Waals surface area contributed by atoms with Gasteiger partial charge in [0.05, 0.1) is 10.8 Å². The Labute approximate surface area is 293 Å². The molecule has 2 heterocycles. The lowest BCUT2D eigenvalue weighted by molar-refractivity contribution is -0.400. The summed E-state index contributed by atoms with van der Waals surface area (Å²) in [6.07, 6.45) is 18.4. The van der Waals surface area contributed by atoms with Crippen molar-refractivity contribution in [2.75, 3.05) is 18.5 Å². The maximum absolute atomic E-state index is 2.68. The number of benzene rings is 5. The van der Waals surface area contributed by atoms with Gasteiger partial charge in [0.1, 0.15) is 7.05 Å². The second-order valence-electron chi connectivity index (χ2n) is 15.2. The number of unbranched alkanes of at least 4 members (excludes halogenated alkanes) is 2. The van der Waals surface area contributed by atoms with Gasteiger partial charge in [-0.15, -0.1) is 0 Å². The lowest BCUT2D eigenvalue weighted by Gasteiger charge is -2.32. The lowest BCUT2D eigenvalue weighted by Crippen LogP contribution is -2.36. The average molecular weight is 644 g/mol. The first kappa shape index (κ1) is 31.8. The topological polar surface area (TPSA) is 6.25 Å². The Bertz CT molecular complexity index is 2140. The molecule has 3 aliphatic rings. The molecule has 1 saturated carbocycles. The van der Waals surface area contributed by atoms with Crippen LogP contribution in [0.3, 0.4) is 0 Å². The maximum atomic E-state index is 2.68. The molecule has 2 heteroatoms. The standard InChI is InChI=1S/C47H51N2/c1-5-6-16-32-49-41-29-27-35-19-10-12-22-38(35)44(41)46(3,33-37-21-9-8-18-34(37)2)42(49)24-17-25-43-47(30-14-7-15-31-47)40-28-26-36-20-11-13-23-39(36)45(40)48(43)4/h8-13,17-29H,5-7,14-16,30-33H2,1-4H3/q+1. The van der Waals surface area contributed by atoms with Crippen molar-refractivity contribution in [1.82, 2.24) is 0 Å². The van der Waals surface area contributed by atoms with E-state index in [-0.39, 0.29) is 10.8 Å². The Morgan fingerprint density at radius 3 is 2.24 bits per heavy atom. The summed E-state index contributed by atoms with van der Waals surface area (Å²) < 4.78 is 2.54. The Morgan fingerprint density at radius 2 is 1.47 bits per heavy atom. The van der Waals surface area contributed by atoms with E-state index in [1.807, 2.05) is 0 Å². The minimum atomic E-state index is -0.174. The summed E-state index contributed by atoms with van der Waals surface area (Å²) in [5.41, 5.74) is 11.4. The first-order valence-electron chi connectivity index (χ1n) is 18.8. The number of fused-ring (bicyclic) bond motifs is 7. The van der Waals surface area contributed by atoms with Crippen LogP contribution in [-0.2, 0) is 17.3 Å². The van der Waals surface area contributed by atoms with Crippen LogP contribution in [0.1, 0.15) is 87.5 Å². The van der Waals surface area contributed by atoms with Crippen LogP contribution >= 0.6 is 0 Å². The predicted molar refractivity (Wildman–Crippen MR) is 210 cm³/mol. The van der Waals surface area contributed by atoms with Crippen molar-refractivity contribution in [3.05, 3.63) is 143 Å². The largest absolute Gasteiger partial charge is 0.344 e. The highest BCUT2D eigenvalue weighted by Gasteiger charge is 2.51. The van der Waals surface area contributed by atoms with E-state index in [0.717, 1.165) is 13.0 Å². The summed E-state index contributed by atoms with van der Waals surface area (Å²) in [6, 6.07) is 36.5. The van der Waals surface area contributed by atoms with Gasteiger partial charge in [-0.1, -0.05) is 130 Å². The van der Waals surface area contributed by atoms with Crippen LogP contribution in [0.5, 0.6) is 0 Å². The van der Waals surface area contributed by atoms with E-state index in [1.165, 1.54) is 118 Å². The van der Waals surface area contributed by atoms with Crippen molar-refractivity contribution in [3.63, 3.8) is 0 Å². The fourth-order valence-electron chi connectivity index (χ4n) is 9.79. The van der Waals surface area contributed by atoms with Gasteiger partial charge in [0.2, 0.25) is 5.69 Å².